The number of fused-ring (bicyclic) bond motifs is 1. The molecule has 0 unspecified atom stereocenters. The van der Waals surface area contributed by atoms with E-state index in [0.29, 0.717) is 35.1 Å². The van der Waals surface area contributed by atoms with Crippen LogP contribution in [0.15, 0.2) is 6.07 Å². The molecule has 0 atom stereocenters. The maximum Gasteiger partial charge on any atom is 0.252 e. The summed E-state index contributed by atoms with van der Waals surface area (Å²) in [6.45, 7) is 0.514. The van der Waals surface area contributed by atoms with Gasteiger partial charge in [0.15, 0.2) is 0 Å². The summed E-state index contributed by atoms with van der Waals surface area (Å²) in [6.07, 6.45) is 0.669. The van der Waals surface area contributed by atoms with Crippen LogP contribution in [0.25, 0.3) is 0 Å². The number of carbonyl (C=O) groups excluding carboxylic acids is 1. The number of nitrogens with two attached hydrogens (primary N) is 2. The van der Waals surface area contributed by atoms with Crippen LogP contribution in [0.3, 0.4) is 0 Å². The molecule has 5 heteroatoms. The molecule has 0 aromatic heterocycles. The van der Waals surface area contributed by atoms with Gasteiger partial charge in [0.25, 0.3) is 5.91 Å². The highest BCUT2D eigenvalue weighted by Crippen LogP contribution is 2.38. The minimum absolute atomic E-state index is 0.303. The van der Waals surface area contributed by atoms with Crippen molar-refractivity contribution in [1.82, 2.24) is 0 Å². The Hall–Kier alpha value is -1.42. The number of rotatable bonds is 1. The van der Waals surface area contributed by atoms with Gasteiger partial charge in [-0.1, -0.05) is 11.6 Å². The number of halogens is 1. The van der Waals surface area contributed by atoms with Gasteiger partial charge < -0.3 is 16.2 Å². The molecule has 1 aliphatic rings. The number of benzene rings is 1. The van der Waals surface area contributed by atoms with Crippen LogP contribution in [0.4, 0.5) is 5.69 Å². The van der Waals surface area contributed by atoms with E-state index in [0.717, 1.165) is 5.56 Å². The number of hydrogen-bond acceptors (Lipinski definition) is 3. The Morgan fingerprint density at radius 2 is 2.29 bits per heavy atom. The third-order valence-corrected chi connectivity index (χ3v) is 2.55. The van der Waals surface area contributed by atoms with Gasteiger partial charge in [0, 0.05) is 12.0 Å². The quantitative estimate of drug-likeness (QED) is 0.681. The van der Waals surface area contributed by atoms with Gasteiger partial charge in [-0.05, 0) is 6.07 Å². The Labute approximate surface area is 85.8 Å². The second-order valence-corrected chi connectivity index (χ2v) is 3.50. The van der Waals surface area contributed by atoms with Crippen molar-refractivity contribution in [2.24, 2.45) is 5.73 Å². The molecular formula is C9H9ClN2O2. The molecule has 1 aromatic carbocycles. The first-order chi connectivity index (χ1) is 6.61. The van der Waals surface area contributed by atoms with Crippen molar-refractivity contribution in [3.05, 3.63) is 22.2 Å². The summed E-state index contributed by atoms with van der Waals surface area (Å²) in [5, 5.41) is 0.350. The number of carbonyl (C=O) groups is 1. The van der Waals surface area contributed by atoms with Crippen molar-refractivity contribution in [2.75, 3.05) is 12.3 Å². The monoisotopic (exact) mass is 212 g/mol. The Morgan fingerprint density at radius 3 is 2.93 bits per heavy atom. The fourth-order valence-electron chi connectivity index (χ4n) is 1.55. The molecule has 0 aliphatic carbocycles. The smallest absolute Gasteiger partial charge is 0.252 e. The second kappa shape index (κ2) is 3.06. The van der Waals surface area contributed by atoms with Gasteiger partial charge in [0.2, 0.25) is 0 Å². The maximum absolute atomic E-state index is 11.1. The molecule has 1 aromatic rings. The van der Waals surface area contributed by atoms with E-state index >= 15 is 0 Å². The first-order valence-corrected chi connectivity index (χ1v) is 4.52. The van der Waals surface area contributed by atoms with E-state index in [2.05, 4.69) is 0 Å². The summed E-state index contributed by atoms with van der Waals surface area (Å²) >= 11 is 5.85. The molecule has 0 spiro atoms. The fraction of sp³-hybridized carbons (Fsp3) is 0.222. The van der Waals surface area contributed by atoms with Gasteiger partial charge in [-0.2, -0.15) is 0 Å². The average molecular weight is 213 g/mol. The van der Waals surface area contributed by atoms with Gasteiger partial charge in [-0.3, -0.25) is 4.79 Å². The van der Waals surface area contributed by atoms with E-state index in [1.807, 2.05) is 0 Å². The molecule has 0 saturated carbocycles. The molecule has 0 bridgehead atoms. The molecule has 74 valence electrons. The largest absolute Gasteiger partial charge is 0.492 e. The lowest BCUT2D eigenvalue weighted by molar-refractivity contribution is 0.0997. The lowest BCUT2D eigenvalue weighted by atomic mass is 10.1. The standard InChI is InChI=1S/C9H9ClN2O2/c10-6-3-5(9(12)13)8-4(7(6)11)1-2-14-8/h3H,1-2,11H2,(H2,12,13). The molecule has 2 rings (SSSR count). The highest BCUT2D eigenvalue weighted by molar-refractivity contribution is 6.33. The lowest BCUT2D eigenvalue weighted by Gasteiger charge is -2.08. The Balaban J connectivity index is 2.70. The first-order valence-electron chi connectivity index (χ1n) is 4.14. The molecule has 0 saturated heterocycles. The minimum Gasteiger partial charge on any atom is -0.492 e. The molecule has 14 heavy (non-hydrogen) atoms. The zero-order valence-corrected chi connectivity index (χ0v) is 8.10. The van der Waals surface area contributed by atoms with Crippen molar-refractivity contribution in [2.45, 2.75) is 6.42 Å². The van der Waals surface area contributed by atoms with Gasteiger partial charge in [-0.25, -0.2) is 0 Å². The molecule has 4 N–H and O–H groups in total. The number of amides is 1. The van der Waals surface area contributed by atoms with Crippen molar-refractivity contribution >= 4 is 23.2 Å². The van der Waals surface area contributed by atoms with Gasteiger partial charge in [0.1, 0.15) is 5.75 Å². The summed E-state index contributed by atoms with van der Waals surface area (Å²) in [5.74, 6) is -0.0653. The van der Waals surface area contributed by atoms with Crippen LogP contribution in [-0.4, -0.2) is 12.5 Å². The predicted octanol–water partition coefficient (Wildman–Crippen LogP) is 0.956. The lowest BCUT2D eigenvalue weighted by Crippen LogP contribution is -2.12. The Kier molecular flexibility index (Phi) is 2.00. The van der Waals surface area contributed by atoms with E-state index in [4.69, 9.17) is 27.8 Å². The van der Waals surface area contributed by atoms with E-state index < -0.39 is 5.91 Å². The SMILES string of the molecule is NC(=O)c1cc(Cl)c(N)c2c1OCC2. The number of primary amides is 1. The zero-order chi connectivity index (χ0) is 10.3. The highest BCUT2D eigenvalue weighted by atomic mass is 35.5. The third-order valence-electron chi connectivity index (χ3n) is 2.24. The summed E-state index contributed by atoms with van der Waals surface area (Å²) in [6, 6.07) is 1.45. The molecular weight excluding hydrogens is 204 g/mol. The van der Waals surface area contributed by atoms with E-state index in [1.54, 1.807) is 0 Å². The highest BCUT2D eigenvalue weighted by Gasteiger charge is 2.23. The molecule has 1 heterocycles. The van der Waals surface area contributed by atoms with Gasteiger partial charge >= 0.3 is 0 Å². The number of hydrogen-bond donors (Lipinski definition) is 2. The summed E-state index contributed by atoms with van der Waals surface area (Å²) in [7, 11) is 0. The molecule has 1 aliphatic heterocycles. The third kappa shape index (κ3) is 1.19. The van der Waals surface area contributed by atoms with Crippen LogP contribution in [0, 0.1) is 0 Å². The first kappa shape index (κ1) is 9.15. The average Bonchev–Trinajstić information content (AvgIpc) is 2.59. The predicted molar refractivity (Wildman–Crippen MR) is 53.6 cm³/mol. The summed E-state index contributed by atoms with van der Waals surface area (Å²) < 4.78 is 5.29. The van der Waals surface area contributed by atoms with Gasteiger partial charge in [-0.15, -0.1) is 0 Å². The maximum atomic E-state index is 11.1. The molecule has 1 amide bonds. The van der Waals surface area contributed by atoms with Crippen LogP contribution in [-0.2, 0) is 6.42 Å². The topological polar surface area (TPSA) is 78.3 Å². The van der Waals surface area contributed by atoms with E-state index in [-0.39, 0.29) is 0 Å². The number of ether oxygens (including phenoxy) is 1. The number of nitrogen functional groups attached to an aromatic ring is 1. The fourth-order valence-corrected chi connectivity index (χ4v) is 1.77. The van der Waals surface area contributed by atoms with Crippen LogP contribution in [0.1, 0.15) is 15.9 Å². The Morgan fingerprint density at radius 1 is 1.57 bits per heavy atom. The normalized spacial score (nSPS) is 13.5. The van der Waals surface area contributed by atoms with Gasteiger partial charge in [0.05, 0.1) is 22.9 Å². The molecule has 4 nitrogen and oxygen atoms in total. The van der Waals surface area contributed by atoms with E-state index in [9.17, 15) is 4.79 Å². The van der Waals surface area contributed by atoms with Crippen molar-refractivity contribution in [3.8, 4) is 5.75 Å². The second-order valence-electron chi connectivity index (χ2n) is 3.09. The number of anilines is 1. The van der Waals surface area contributed by atoms with Crippen molar-refractivity contribution in [3.63, 3.8) is 0 Å². The van der Waals surface area contributed by atoms with Crippen LogP contribution >= 0.6 is 11.6 Å². The van der Waals surface area contributed by atoms with Crippen molar-refractivity contribution < 1.29 is 9.53 Å². The van der Waals surface area contributed by atoms with E-state index in [1.165, 1.54) is 6.07 Å². The molecule has 0 radical (unpaired) electrons. The molecule has 0 fully saturated rings. The minimum atomic E-state index is -0.551. The summed E-state index contributed by atoms with van der Waals surface area (Å²) in [4.78, 5) is 11.1. The van der Waals surface area contributed by atoms with Crippen LogP contribution in [0.5, 0.6) is 5.75 Å². The van der Waals surface area contributed by atoms with Crippen LogP contribution in [0.2, 0.25) is 5.02 Å². The zero-order valence-electron chi connectivity index (χ0n) is 7.34. The summed E-state index contributed by atoms with van der Waals surface area (Å²) in [5.41, 5.74) is 12.5. The van der Waals surface area contributed by atoms with Crippen LogP contribution < -0.4 is 16.2 Å². The Bertz CT molecular complexity index is 418. The van der Waals surface area contributed by atoms with Crippen molar-refractivity contribution in [1.29, 1.82) is 0 Å².